The van der Waals surface area contributed by atoms with Crippen LogP contribution in [0.5, 0.6) is 0 Å². The minimum absolute atomic E-state index is 0.0120. The highest BCUT2D eigenvalue weighted by atomic mass is 79.9. The second kappa shape index (κ2) is 7.47. The average Bonchev–Trinajstić information content (AvgIpc) is 2.75. The van der Waals surface area contributed by atoms with Gasteiger partial charge in [-0.3, -0.25) is 4.68 Å². The Bertz CT molecular complexity index is 592. The van der Waals surface area contributed by atoms with Gasteiger partial charge >= 0.3 is 0 Å². The van der Waals surface area contributed by atoms with Crippen LogP contribution in [0.1, 0.15) is 36.8 Å². The molecule has 0 aliphatic rings. The van der Waals surface area contributed by atoms with Gasteiger partial charge in [0.2, 0.25) is 0 Å². The molecule has 1 heterocycles. The summed E-state index contributed by atoms with van der Waals surface area (Å²) in [6.45, 7) is 4.27. The first-order valence-electron chi connectivity index (χ1n) is 7.25. The van der Waals surface area contributed by atoms with Gasteiger partial charge in [-0.05, 0) is 45.8 Å². The van der Waals surface area contributed by atoms with Gasteiger partial charge in [0.15, 0.2) is 0 Å². The van der Waals surface area contributed by atoms with E-state index in [-0.39, 0.29) is 6.04 Å². The second-order valence-corrected chi connectivity index (χ2v) is 7.13. The number of aryl methyl sites for hydroxylation is 2. The van der Waals surface area contributed by atoms with E-state index in [4.69, 9.17) is 5.73 Å². The zero-order chi connectivity index (χ0) is 15.4. The molecule has 21 heavy (non-hydrogen) atoms. The number of benzene rings is 1. The summed E-state index contributed by atoms with van der Waals surface area (Å²) in [5.41, 5.74) is 9.79. The van der Waals surface area contributed by atoms with E-state index < -0.39 is 0 Å². The lowest BCUT2D eigenvalue weighted by Crippen LogP contribution is -2.15. The summed E-state index contributed by atoms with van der Waals surface area (Å²) in [6.07, 6.45) is 1.71. The third kappa shape index (κ3) is 3.90. The molecule has 0 aliphatic heterocycles. The minimum Gasteiger partial charge on any atom is -0.324 e. The molecule has 0 fully saturated rings. The summed E-state index contributed by atoms with van der Waals surface area (Å²) in [5, 5.41) is 4.52. The topological polar surface area (TPSA) is 43.8 Å². The molecule has 0 amide bonds. The largest absolute Gasteiger partial charge is 0.324 e. The van der Waals surface area contributed by atoms with Gasteiger partial charge in [0.1, 0.15) is 0 Å². The number of halogens is 1. The third-order valence-electron chi connectivity index (χ3n) is 3.54. The SMILES string of the molecule is CCSc1ccc(C(N)Cc2c(Br)c(CC)nn2C)cc1. The molecule has 3 nitrogen and oxygen atoms in total. The smallest absolute Gasteiger partial charge is 0.0766 e. The Morgan fingerprint density at radius 3 is 2.48 bits per heavy atom. The molecule has 2 rings (SSSR count). The molecule has 2 N–H and O–H groups in total. The van der Waals surface area contributed by atoms with Crippen molar-refractivity contribution in [3.63, 3.8) is 0 Å². The Hall–Kier alpha value is -0.780. The van der Waals surface area contributed by atoms with Crippen LogP contribution in [-0.2, 0) is 19.9 Å². The van der Waals surface area contributed by atoms with Crippen molar-refractivity contribution in [1.29, 1.82) is 0 Å². The second-order valence-electron chi connectivity index (χ2n) is 5.00. The molecule has 2 aromatic rings. The lowest BCUT2D eigenvalue weighted by molar-refractivity contribution is 0.636. The Morgan fingerprint density at radius 1 is 1.29 bits per heavy atom. The van der Waals surface area contributed by atoms with E-state index in [1.807, 2.05) is 23.5 Å². The number of thioether (sulfide) groups is 1. The van der Waals surface area contributed by atoms with E-state index in [9.17, 15) is 0 Å². The van der Waals surface area contributed by atoms with Gasteiger partial charge in [0.25, 0.3) is 0 Å². The first kappa shape index (κ1) is 16.6. The Balaban J connectivity index is 2.14. The van der Waals surface area contributed by atoms with Crippen LogP contribution in [0.15, 0.2) is 33.6 Å². The zero-order valence-corrected chi connectivity index (χ0v) is 15.2. The highest BCUT2D eigenvalue weighted by Crippen LogP contribution is 2.27. The maximum atomic E-state index is 6.37. The van der Waals surface area contributed by atoms with E-state index in [1.54, 1.807) is 0 Å². The molecule has 0 radical (unpaired) electrons. The number of hydrogen-bond donors (Lipinski definition) is 1. The average molecular weight is 368 g/mol. The number of hydrogen-bond acceptors (Lipinski definition) is 3. The van der Waals surface area contributed by atoms with Crippen LogP contribution in [0.25, 0.3) is 0 Å². The molecule has 5 heteroatoms. The van der Waals surface area contributed by atoms with Crippen LogP contribution in [0.2, 0.25) is 0 Å². The van der Waals surface area contributed by atoms with Crippen LogP contribution in [0.3, 0.4) is 0 Å². The first-order chi connectivity index (χ1) is 10.1. The molecule has 1 aromatic heterocycles. The Labute approximate surface area is 139 Å². The molecule has 0 saturated carbocycles. The van der Waals surface area contributed by atoms with E-state index in [1.165, 1.54) is 10.5 Å². The predicted molar refractivity (Wildman–Crippen MR) is 93.8 cm³/mol. The van der Waals surface area contributed by atoms with Crippen LogP contribution >= 0.6 is 27.7 Å². The summed E-state index contributed by atoms with van der Waals surface area (Å²) in [7, 11) is 1.98. The van der Waals surface area contributed by atoms with Crippen molar-refractivity contribution in [2.75, 3.05) is 5.75 Å². The number of rotatable bonds is 6. The van der Waals surface area contributed by atoms with Gasteiger partial charge < -0.3 is 5.73 Å². The number of nitrogens with two attached hydrogens (primary N) is 1. The van der Waals surface area contributed by atoms with E-state index in [0.717, 1.165) is 34.5 Å². The number of aromatic nitrogens is 2. The lowest BCUT2D eigenvalue weighted by atomic mass is 10.0. The molecule has 0 aliphatic carbocycles. The maximum Gasteiger partial charge on any atom is 0.0766 e. The van der Waals surface area contributed by atoms with Crippen molar-refractivity contribution >= 4 is 27.7 Å². The predicted octanol–water partition coefficient (Wildman–Crippen LogP) is 4.10. The Kier molecular flexibility index (Phi) is 5.90. The van der Waals surface area contributed by atoms with Gasteiger partial charge in [-0.1, -0.05) is 26.0 Å². The molecule has 1 unspecified atom stereocenters. The summed E-state index contributed by atoms with van der Waals surface area (Å²) >= 11 is 5.50. The molecule has 1 aromatic carbocycles. The molecule has 1 atom stereocenters. The Morgan fingerprint density at radius 2 is 1.95 bits per heavy atom. The summed E-state index contributed by atoms with van der Waals surface area (Å²) in [5.74, 6) is 1.09. The van der Waals surface area contributed by atoms with Crippen molar-refractivity contribution in [2.45, 2.75) is 37.6 Å². The molecule has 0 spiro atoms. The van der Waals surface area contributed by atoms with Crippen LogP contribution in [-0.4, -0.2) is 15.5 Å². The van der Waals surface area contributed by atoms with Crippen LogP contribution < -0.4 is 5.73 Å². The summed E-state index contributed by atoms with van der Waals surface area (Å²) < 4.78 is 3.03. The van der Waals surface area contributed by atoms with E-state index >= 15 is 0 Å². The standard InChI is InChI=1S/C16H22BrN3S/c1-4-14-16(17)15(20(3)19-14)10-13(18)11-6-8-12(9-7-11)21-5-2/h6-9,13H,4-5,10,18H2,1-3H3. The van der Waals surface area contributed by atoms with Crippen molar-refractivity contribution in [3.05, 3.63) is 45.7 Å². The monoisotopic (exact) mass is 367 g/mol. The maximum absolute atomic E-state index is 6.37. The van der Waals surface area contributed by atoms with Crippen molar-refractivity contribution < 1.29 is 0 Å². The fourth-order valence-electron chi connectivity index (χ4n) is 2.35. The van der Waals surface area contributed by atoms with Crippen LogP contribution in [0, 0.1) is 0 Å². The first-order valence-corrected chi connectivity index (χ1v) is 9.03. The molecular formula is C16H22BrN3S. The minimum atomic E-state index is -0.0120. The molecular weight excluding hydrogens is 346 g/mol. The van der Waals surface area contributed by atoms with Gasteiger partial charge in [0, 0.05) is 24.4 Å². The normalized spacial score (nSPS) is 12.6. The molecule has 114 valence electrons. The summed E-state index contributed by atoms with van der Waals surface area (Å²) in [4.78, 5) is 1.29. The third-order valence-corrected chi connectivity index (χ3v) is 5.35. The fourth-order valence-corrected chi connectivity index (χ4v) is 3.79. The van der Waals surface area contributed by atoms with Crippen molar-refractivity contribution in [1.82, 2.24) is 9.78 Å². The van der Waals surface area contributed by atoms with Crippen molar-refractivity contribution in [3.8, 4) is 0 Å². The summed E-state index contributed by atoms with van der Waals surface area (Å²) in [6, 6.07) is 8.56. The fraction of sp³-hybridized carbons (Fsp3) is 0.438. The highest BCUT2D eigenvalue weighted by molar-refractivity contribution is 9.10. The quantitative estimate of drug-likeness (QED) is 0.781. The van der Waals surface area contributed by atoms with E-state index in [0.29, 0.717) is 0 Å². The van der Waals surface area contributed by atoms with Gasteiger partial charge in [-0.15, -0.1) is 11.8 Å². The number of nitrogens with zero attached hydrogens (tertiary/aromatic N) is 2. The van der Waals surface area contributed by atoms with Crippen LogP contribution in [0.4, 0.5) is 0 Å². The van der Waals surface area contributed by atoms with Gasteiger partial charge in [-0.2, -0.15) is 5.10 Å². The molecule has 0 bridgehead atoms. The lowest BCUT2D eigenvalue weighted by Gasteiger charge is -2.13. The zero-order valence-electron chi connectivity index (χ0n) is 12.8. The van der Waals surface area contributed by atoms with E-state index in [2.05, 4.69) is 59.1 Å². The van der Waals surface area contributed by atoms with Gasteiger partial charge in [0.05, 0.1) is 15.9 Å². The molecule has 0 saturated heterocycles. The van der Waals surface area contributed by atoms with Gasteiger partial charge in [-0.25, -0.2) is 0 Å². The highest BCUT2D eigenvalue weighted by Gasteiger charge is 2.16. The van der Waals surface area contributed by atoms with Crippen molar-refractivity contribution in [2.24, 2.45) is 12.8 Å².